The van der Waals surface area contributed by atoms with Gasteiger partial charge in [0.15, 0.2) is 0 Å². The highest BCUT2D eigenvalue weighted by molar-refractivity contribution is 5.99. The minimum absolute atomic E-state index is 0.0484. The molecule has 2 N–H and O–H groups in total. The Balaban J connectivity index is 1.69. The molecule has 3 aromatic rings. The van der Waals surface area contributed by atoms with Crippen molar-refractivity contribution in [1.82, 2.24) is 20.2 Å². The van der Waals surface area contributed by atoms with Crippen molar-refractivity contribution < 1.29 is 23.8 Å². The second-order valence-corrected chi connectivity index (χ2v) is 10.7. The van der Waals surface area contributed by atoms with E-state index in [0.717, 1.165) is 5.56 Å². The van der Waals surface area contributed by atoms with Gasteiger partial charge in [0.2, 0.25) is 0 Å². The number of rotatable bonds is 11. The van der Waals surface area contributed by atoms with Crippen LogP contribution in [0.5, 0.6) is 0 Å². The van der Waals surface area contributed by atoms with Crippen molar-refractivity contribution in [3.63, 3.8) is 0 Å². The second kappa shape index (κ2) is 12.6. The van der Waals surface area contributed by atoms with Crippen molar-refractivity contribution in [3.8, 4) is 0 Å². The molecule has 0 spiro atoms. The van der Waals surface area contributed by atoms with Gasteiger partial charge in [-0.15, -0.1) is 0 Å². The average molecular weight is 537 g/mol. The van der Waals surface area contributed by atoms with E-state index in [0.29, 0.717) is 56.6 Å². The number of alkyl halides is 1. The van der Waals surface area contributed by atoms with Crippen molar-refractivity contribution in [2.75, 3.05) is 26.3 Å². The summed E-state index contributed by atoms with van der Waals surface area (Å²) >= 11 is 0. The van der Waals surface area contributed by atoms with Crippen LogP contribution in [0.1, 0.15) is 55.6 Å². The lowest BCUT2D eigenvalue weighted by Crippen LogP contribution is -2.68. The number of carbonyl (C=O) groups excluding carboxylic acids is 2. The maximum absolute atomic E-state index is 14.2. The Bertz CT molecular complexity index is 1260. The van der Waals surface area contributed by atoms with Gasteiger partial charge < -0.3 is 20.1 Å². The summed E-state index contributed by atoms with van der Waals surface area (Å²) in [5.41, 5.74) is -0.967. The Kier molecular flexibility index (Phi) is 9.24. The molecular formula is C30H37FN4O4. The Morgan fingerprint density at radius 2 is 1.72 bits per heavy atom. The first-order chi connectivity index (χ1) is 18.7. The van der Waals surface area contributed by atoms with E-state index < -0.39 is 23.2 Å². The van der Waals surface area contributed by atoms with Gasteiger partial charge in [0.1, 0.15) is 16.9 Å². The first-order valence-electron chi connectivity index (χ1n) is 13.5. The largest absolute Gasteiger partial charge is 0.390 e. The van der Waals surface area contributed by atoms with Gasteiger partial charge in [-0.05, 0) is 44.4 Å². The number of nitrogens with one attached hydrogen (secondary N) is 1. The number of hydrogen-bond donors (Lipinski definition) is 2. The summed E-state index contributed by atoms with van der Waals surface area (Å²) in [7, 11) is 0. The summed E-state index contributed by atoms with van der Waals surface area (Å²) in [6.45, 7) is 4.50. The number of aromatic nitrogens is 2. The van der Waals surface area contributed by atoms with E-state index in [2.05, 4.69) is 15.3 Å². The molecule has 9 heteroatoms. The molecule has 2 aromatic carbocycles. The summed E-state index contributed by atoms with van der Waals surface area (Å²) < 4.78 is 19.5. The molecule has 1 aliphatic rings. The van der Waals surface area contributed by atoms with Crippen LogP contribution in [0.4, 0.5) is 4.39 Å². The molecule has 4 rings (SSSR count). The fourth-order valence-corrected chi connectivity index (χ4v) is 4.95. The zero-order valence-corrected chi connectivity index (χ0v) is 22.6. The van der Waals surface area contributed by atoms with E-state index in [1.165, 1.54) is 20.0 Å². The maximum atomic E-state index is 14.2. The molecule has 0 aliphatic carbocycles. The summed E-state index contributed by atoms with van der Waals surface area (Å²) in [6, 6.07) is 16.5. The number of para-hydroxylation sites is 2. The second-order valence-electron chi connectivity index (χ2n) is 10.7. The minimum Gasteiger partial charge on any atom is -0.390 e. The molecule has 8 nitrogen and oxygen atoms in total. The predicted molar refractivity (Wildman–Crippen MR) is 147 cm³/mol. The topological polar surface area (TPSA) is 105 Å². The van der Waals surface area contributed by atoms with Gasteiger partial charge in [0, 0.05) is 19.5 Å². The fourth-order valence-electron chi connectivity index (χ4n) is 4.95. The van der Waals surface area contributed by atoms with E-state index in [9.17, 15) is 19.1 Å². The van der Waals surface area contributed by atoms with Crippen LogP contribution in [0.25, 0.3) is 11.0 Å². The standard InChI is InChI=1S/C30H37FN4O4/c1-29(2,31)15-9-8-14-26(36)30(20-22-10-4-3-5-11-22,28(38)35-16-18-39-19-17-35)34-27(37)25-21-32-23-12-6-7-13-24(23)33-25/h3-7,10-13,21,26,36H,8-9,14-20H2,1-2H3,(H,34,37)/t26-,30-/m0/s1. The SMILES string of the molecule is CC(C)(F)CCCC[C@H](O)[C@](Cc1ccccc1)(NC(=O)c1cnc2ccccc2n1)C(=O)N1CCOCC1. The molecular weight excluding hydrogens is 499 g/mol. The normalized spacial score (nSPS) is 16.5. The Morgan fingerprint density at radius 3 is 2.41 bits per heavy atom. The average Bonchev–Trinajstić information content (AvgIpc) is 2.94. The highest BCUT2D eigenvalue weighted by Crippen LogP contribution is 2.27. The molecule has 1 aromatic heterocycles. The number of aliphatic hydroxyl groups is 1. The van der Waals surface area contributed by atoms with Crippen LogP contribution in [0.3, 0.4) is 0 Å². The number of fused-ring (bicyclic) bond motifs is 1. The third-order valence-electron chi connectivity index (χ3n) is 7.09. The molecule has 1 fully saturated rings. The lowest BCUT2D eigenvalue weighted by molar-refractivity contribution is -0.147. The number of aliphatic hydroxyl groups excluding tert-OH is 1. The number of nitrogens with zero attached hydrogens (tertiary/aromatic N) is 3. The smallest absolute Gasteiger partial charge is 0.272 e. The number of hydrogen-bond acceptors (Lipinski definition) is 6. The van der Waals surface area contributed by atoms with Crippen molar-refractivity contribution >= 4 is 22.8 Å². The van der Waals surface area contributed by atoms with Crippen LogP contribution in [0, 0.1) is 0 Å². The van der Waals surface area contributed by atoms with Gasteiger partial charge in [0.25, 0.3) is 11.8 Å². The van der Waals surface area contributed by atoms with Crippen LogP contribution in [-0.2, 0) is 16.0 Å². The lowest BCUT2D eigenvalue weighted by atomic mass is 9.80. The monoisotopic (exact) mass is 536 g/mol. The zero-order chi connectivity index (χ0) is 27.9. The lowest BCUT2D eigenvalue weighted by Gasteiger charge is -2.42. The number of halogens is 1. The molecule has 0 bridgehead atoms. The summed E-state index contributed by atoms with van der Waals surface area (Å²) in [5.74, 6) is -0.982. The molecule has 1 saturated heterocycles. The Labute approximate surface area is 228 Å². The first-order valence-corrected chi connectivity index (χ1v) is 13.5. The van der Waals surface area contributed by atoms with E-state index in [-0.39, 0.29) is 24.4 Å². The molecule has 1 aliphatic heterocycles. The maximum Gasteiger partial charge on any atom is 0.272 e. The molecule has 0 radical (unpaired) electrons. The quantitative estimate of drug-likeness (QED) is 0.361. The Morgan fingerprint density at radius 1 is 1.05 bits per heavy atom. The summed E-state index contributed by atoms with van der Waals surface area (Å²) in [4.78, 5) is 38.3. The van der Waals surface area contributed by atoms with Crippen LogP contribution < -0.4 is 5.32 Å². The molecule has 2 heterocycles. The number of unbranched alkanes of at least 4 members (excludes halogenated alkanes) is 1. The van der Waals surface area contributed by atoms with Gasteiger partial charge in [-0.2, -0.15) is 0 Å². The molecule has 2 amide bonds. The third-order valence-corrected chi connectivity index (χ3v) is 7.09. The van der Waals surface area contributed by atoms with E-state index in [1.54, 1.807) is 17.0 Å². The fraction of sp³-hybridized carbons (Fsp3) is 0.467. The number of ether oxygens (including phenoxy) is 1. The highest BCUT2D eigenvalue weighted by atomic mass is 19.1. The molecule has 0 unspecified atom stereocenters. The molecule has 208 valence electrons. The third kappa shape index (κ3) is 7.36. The molecule has 0 saturated carbocycles. The van der Waals surface area contributed by atoms with Gasteiger partial charge in [-0.25, -0.2) is 9.37 Å². The summed E-state index contributed by atoms with van der Waals surface area (Å²) in [5, 5.41) is 14.6. The zero-order valence-electron chi connectivity index (χ0n) is 22.6. The van der Waals surface area contributed by atoms with Gasteiger partial charge in [-0.3, -0.25) is 14.6 Å². The van der Waals surface area contributed by atoms with Crippen LogP contribution in [0.2, 0.25) is 0 Å². The predicted octanol–water partition coefficient (Wildman–Crippen LogP) is 3.87. The van der Waals surface area contributed by atoms with Crippen LogP contribution >= 0.6 is 0 Å². The highest BCUT2D eigenvalue weighted by Gasteiger charge is 2.49. The van der Waals surface area contributed by atoms with Crippen molar-refractivity contribution in [1.29, 1.82) is 0 Å². The van der Waals surface area contributed by atoms with Crippen molar-refractivity contribution in [2.45, 2.75) is 63.3 Å². The van der Waals surface area contributed by atoms with Crippen LogP contribution in [-0.4, -0.2) is 75.4 Å². The minimum atomic E-state index is -1.67. The summed E-state index contributed by atoms with van der Waals surface area (Å²) in [6.07, 6.45) is 1.80. The Hall–Kier alpha value is -3.43. The van der Waals surface area contributed by atoms with E-state index >= 15 is 0 Å². The van der Waals surface area contributed by atoms with Crippen LogP contribution in [0.15, 0.2) is 60.8 Å². The van der Waals surface area contributed by atoms with Crippen molar-refractivity contribution in [2.24, 2.45) is 0 Å². The first kappa shape index (κ1) is 28.6. The van der Waals surface area contributed by atoms with Crippen molar-refractivity contribution in [3.05, 3.63) is 72.1 Å². The molecule has 2 atom stereocenters. The van der Waals surface area contributed by atoms with Gasteiger partial charge in [-0.1, -0.05) is 55.3 Å². The number of amides is 2. The number of morpholine rings is 1. The number of carbonyl (C=O) groups is 2. The number of benzene rings is 2. The van der Waals surface area contributed by atoms with Gasteiger partial charge >= 0.3 is 0 Å². The molecule has 39 heavy (non-hydrogen) atoms. The van der Waals surface area contributed by atoms with Gasteiger partial charge in [0.05, 0.1) is 36.5 Å². The van der Waals surface area contributed by atoms with E-state index in [1.807, 2.05) is 42.5 Å². The van der Waals surface area contributed by atoms with E-state index in [4.69, 9.17) is 4.74 Å².